The Hall–Kier alpha value is -1.91. The summed E-state index contributed by atoms with van der Waals surface area (Å²) in [5, 5.41) is 16.8. The minimum Gasteiger partial charge on any atom is -0.508 e. The lowest BCUT2D eigenvalue weighted by atomic mass is 9.87. The Kier molecular flexibility index (Phi) is 6.56. The van der Waals surface area contributed by atoms with Crippen LogP contribution in [-0.2, 0) is 6.54 Å². The summed E-state index contributed by atoms with van der Waals surface area (Å²) in [6, 6.07) is 5.70. The molecular formula is C18H29N3O2. The van der Waals surface area contributed by atoms with Crippen LogP contribution >= 0.6 is 0 Å². The van der Waals surface area contributed by atoms with Crippen molar-refractivity contribution in [1.29, 1.82) is 0 Å². The fourth-order valence-electron chi connectivity index (χ4n) is 2.90. The Balaban J connectivity index is 2.00. The largest absolute Gasteiger partial charge is 0.508 e. The van der Waals surface area contributed by atoms with Gasteiger partial charge in [0.2, 0.25) is 0 Å². The van der Waals surface area contributed by atoms with Gasteiger partial charge in [0.15, 0.2) is 5.96 Å². The Bertz CT molecular complexity index is 523. The quantitative estimate of drug-likeness (QED) is 0.576. The molecule has 5 heteroatoms. The van der Waals surface area contributed by atoms with E-state index in [2.05, 4.69) is 29.5 Å². The second kappa shape index (κ2) is 8.65. The van der Waals surface area contributed by atoms with Gasteiger partial charge in [-0.3, -0.25) is 0 Å². The van der Waals surface area contributed by atoms with Crippen LogP contribution in [0.3, 0.4) is 0 Å². The van der Waals surface area contributed by atoms with Gasteiger partial charge in [0.1, 0.15) is 11.5 Å². The van der Waals surface area contributed by atoms with E-state index in [4.69, 9.17) is 4.74 Å². The number of nitrogens with zero attached hydrogens (tertiary/aromatic N) is 1. The number of ether oxygens (including phenoxy) is 1. The zero-order valence-corrected chi connectivity index (χ0v) is 14.4. The number of aliphatic imine (C=N–C) groups is 1. The van der Waals surface area contributed by atoms with Gasteiger partial charge >= 0.3 is 0 Å². The second-order valence-corrected chi connectivity index (χ2v) is 6.29. The van der Waals surface area contributed by atoms with Crippen LogP contribution in [-0.4, -0.2) is 30.8 Å². The highest BCUT2D eigenvalue weighted by atomic mass is 16.5. The van der Waals surface area contributed by atoms with E-state index in [1.807, 2.05) is 6.07 Å². The standard InChI is InChI=1S/C18H29N3O2/c1-4-19-18(21-15-7-5-13(2)6-8-15)20-12-14-11-16(23-3)9-10-17(14)22/h9-11,13,15,22H,4-8,12H2,1-3H3,(H2,19,20,21). The number of phenolic OH excluding ortho intramolecular Hbond substituents is 1. The molecule has 0 spiro atoms. The van der Waals surface area contributed by atoms with Crippen LogP contribution < -0.4 is 15.4 Å². The number of methoxy groups -OCH3 is 1. The first-order chi connectivity index (χ1) is 11.1. The SMILES string of the molecule is CCNC(=NCc1cc(OC)ccc1O)NC1CCC(C)CC1. The van der Waals surface area contributed by atoms with Crippen LogP contribution in [0.2, 0.25) is 0 Å². The van der Waals surface area contributed by atoms with Crippen LogP contribution in [0.5, 0.6) is 11.5 Å². The highest BCUT2D eigenvalue weighted by Crippen LogP contribution is 2.24. The maximum absolute atomic E-state index is 9.96. The van der Waals surface area contributed by atoms with E-state index in [9.17, 15) is 5.11 Å². The van der Waals surface area contributed by atoms with Gasteiger partial charge in [-0.25, -0.2) is 4.99 Å². The molecule has 1 saturated carbocycles. The van der Waals surface area contributed by atoms with Crippen LogP contribution in [0.1, 0.15) is 45.1 Å². The lowest BCUT2D eigenvalue weighted by Crippen LogP contribution is -2.44. The summed E-state index contributed by atoms with van der Waals surface area (Å²) in [6.07, 6.45) is 4.92. The van der Waals surface area contributed by atoms with Gasteiger partial charge in [0, 0.05) is 18.2 Å². The topological polar surface area (TPSA) is 65.9 Å². The van der Waals surface area contributed by atoms with E-state index in [0.29, 0.717) is 12.6 Å². The van der Waals surface area contributed by atoms with E-state index in [0.717, 1.165) is 29.7 Å². The zero-order valence-electron chi connectivity index (χ0n) is 14.4. The average Bonchev–Trinajstić information content (AvgIpc) is 2.56. The van der Waals surface area contributed by atoms with Crippen LogP contribution in [0.25, 0.3) is 0 Å². The molecular weight excluding hydrogens is 290 g/mol. The molecule has 1 fully saturated rings. The molecule has 0 radical (unpaired) electrons. The monoisotopic (exact) mass is 319 g/mol. The summed E-state index contributed by atoms with van der Waals surface area (Å²) in [7, 11) is 1.62. The first-order valence-corrected chi connectivity index (χ1v) is 8.53. The fraction of sp³-hybridized carbons (Fsp3) is 0.611. The van der Waals surface area contributed by atoms with Gasteiger partial charge in [-0.05, 0) is 56.7 Å². The molecule has 23 heavy (non-hydrogen) atoms. The van der Waals surface area contributed by atoms with Crippen molar-refractivity contribution in [3.8, 4) is 11.5 Å². The predicted molar refractivity (Wildman–Crippen MR) is 94.0 cm³/mol. The summed E-state index contributed by atoms with van der Waals surface area (Å²) < 4.78 is 5.20. The van der Waals surface area contributed by atoms with Crippen molar-refractivity contribution in [3.63, 3.8) is 0 Å². The molecule has 0 unspecified atom stereocenters. The molecule has 0 heterocycles. The number of nitrogens with one attached hydrogen (secondary N) is 2. The maximum Gasteiger partial charge on any atom is 0.191 e. The Labute approximate surface area is 139 Å². The first kappa shape index (κ1) is 17.4. The van der Waals surface area contributed by atoms with E-state index < -0.39 is 0 Å². The number of aromatic hydroxyl groups is 1. The van der Waals surface area contributed by atoms with Gasteiger partial charge in [-0.2, -0.15) is 0 Å². The summed E-state index contributed by atoms with van der Waals surface area (Å²) in [6.45, 7) is 5.62. The third kappa shape index (κ3) is 5.34. The van der Waals surface area contributed by atoms with E-state index in [1.165, 1.54) is 25.7 Å². The van der Waals surface area contributed by atoms with E-state index in [1.54, 1.807) is 19.2 Å². The molecule has 3 N–H and O–H groups in total. The van der Waals surface area contributed by atoms with Crippen molar-refractivity contribution in [2.24, 2.45) is 10.9 Å². The number of guanidine groups is 1. The number of hydrogen-bond donors (Lipinski definition) is 3. The molecule has 2 rings (SSSR count). The van der Waals surface area contributed by atoms with Gasteiger partial charge in [-0.15, -0.1) is 0 Å². The van der Waals surface area contributed by atoms with Crippen molar-refractivity contribution >= 4 is 5.96 Å². The number of phenols is 1. The minimum absolute atomic E-state index is 0.247. The van der Waals surface area contributed by atoms with Crippen molar-refractivity contribution < 1.29 is 9.84 Å². The molecule has 5 nitrogen and oxygen atoms in total. The lowest BCUT2D eigenvalue weighted by molar-refractivity contribution is 0.329. The number of hydrogen-bond acceptors (Lipinski definition) is 3. The van der Waals surface area contributed by atoms with Crippen molar-refractivity contribution in [2.45, 2.75) is 52.1 Å². The Morgan fingerprint density at radius 2 is 2.04 bits per heavy atom. The van der Waals surface area contributed by atoms with Gasteiger partial charge in [-0.1, -0.05) is 6.92 Å². The molecule has 1 aliphatic rings. The summed E-state index contributed by atoms with van der Waals surface area (Å²) >= 11 is 0. The normalized spacial score (nSPS) is 21.8. The van der Waals surface area contributed by atoms with Crippen molar-refractivity contribution in [2.75, 3.05) is 13.7 Å². The molecule has 128 valence electrons. The Morgan fingerprint density at radius 3 is 2.70 bits per heavy atom. The van der Waals surface area contributed by atoms with Crippen LogP contribution in [0.15, 0.2) is 23.2 Å². The van der Waals surface area contributed by atoms with Gasteiger partial charge < -0.3 is 20.5 Å². The molecule has 0 amide bonds. The summed E-state index contributed by atoms with van der Waals surface area (Å²) in [5.41, 5.74) is 0.763. The molecule has 1 aromatic carbocycles. The molecule has 0 aliphatic heterocycles. The van der Waals surface area contributed by atoms with E-state index in [-0.39, 0.29) is 5.75 Å². The number of benzene rings is 1. The zero-order chi connectivity index (χ0) is 16.7. The fourth-order valence-corrected chi connectivity index (χ4v) is 2.90. The first-order valence-electron chi connectivity index (χ1n) is 8.53. The third-order valence-corrected chi connectivity index (χ3v) is 4.40. The van der Waals surface area contributed by atoms with Gasteiger partial charge in [0.05, 0.1) is 13.7 Å². The molecule has 0 bridgehead atoms. The lowest BCUT2D eigenvalue weighted by Gasteiger charge is -2.28. The summed E-state index contributed by atoms with van der Waals surface area (Å²) in [5.74, 6) is 2.62. The summed E-state index contributed by atoms with van der Waals surface area (Å²) in [4.78, 5) is 4.61. The van der Waals surface area contributed by atoms with Crippen molar-refractivity contribution in [1.82, 2.24) is 10.6 Å². The van der Waals surface area contributed by atoms with Crippen LogP contribution in [0, 0.1) is 5.92 Å². The highest BCUT2D eigenvalue weighted by molar-refractivity contribution is 5.80. The Morgan fingerprint density at radius 1 is 1.30 bits per heavy atom. The van der Waals surface area contributed by atoms with Gasteiger partial charge in [0.25, 0.3) is 0 Å². The third-order valence-electron chi connectivity index (χ3n) is 4.40. The molecule has 0 aromatic heterocycles. The average molecular weight is 319 g/mol. The smallest absolute Gasteiger partial charge is 0.191 e. The molecule has 0 atom stereocenters. The minimum atomic E-state index is 0.247. The molecule has 0 saturated heterocycles. The highest BCUT2D eigenvalue weighted by Gasteiger charge is 2.18. The second-order valence-electron chi connectivity index (χ2n) is 6.29. The predicted octanol–water partition coefficient (Wildman–Crippen LogP) is 3.03. The van der Waals surface area contributed by atoms with E-state index >= 15 is 0 Å². The maximum atomic E-state index is 9.96. The van der Waals surface area contributed by atoms with Crippen molar-refractivity contribution in [3.05, 3.63) is 23.8 Å². The molecule has 1 aliphatic carbocycles. The van der Waals surface area contributed by atoms with Crippen LogP contribution in [0.4, 0.5) is 0 Å². The molecule has 1 aromatic rings. The number of rotatable bonds is 5.